The summed E-state index contributed by atoms with van der Waals surface area (Å²) in [6, 6.07) is 7.39. The van der Waals surface area contributed by atoms with Gasteiger partial charge in [-0.1, -0.05) is 17.7 Å². The van der Waals surface area contributed by atoms with E-state index in [1.165, 1.54) is 4.90 Å². The third-order valence-electron chi connectivity index (χ3n) is 3.79. The molecule has 1 aliphatic heterocycles. The van der Waals surface area contributed by atoms with Gasteiger partial charge in [-0.05, 0) is 38.8 Å². The van der Waals surface area contributed by atoms with Crippen LogP contribution in [0.4, 0.5) is 0 Å². The molecule has 1 atom stereocenters. The minimum absolute atomic E-state index is 0.133. The molecule has 5 nitrogen and oxygen atoms in total. The predicted octanol–water partition coefficient (Wildman–Crippen LogP) is 1.84. The summed E-state index contributed by atoms with van der Waals surface area (Å²) in [5.41, 5.74) is 0.00921. The Morgan fingerprint density at radius 3 is 2.60 bits per heavy atom. The minimum atomic E-state index is -1.10. The molecule has 0 spiro atoms. The Bertz CT molecular complexity index is 511. The van der Waals surface area contributed by atoms with Gasteiger partial charge in [0, 0.05) is 6.54 Å². The van der Waals surface area contributed by atoms with Gasteiger partial charge in [0.2, 0.25) is 0 Å². The number of benzene rings is 1. The molecule has 5 heteroatoms. The van der Waals surface area contributed by atoms with Crippen LogP contribution >= 0.6 is 0 Å². The molecule has 0 aliphatic carbocycles. The number of ether oxygens (including phenoxy) is 1. The maximum absolute atomic E-state index is 12.1. The van der Waals surface area contributed by atoms with E-state index in [1.807, 2.05) is 19.1 Å². The van der Waals surface area contributed by atoms with Gasteiger partial charge in [-0.25, -0.2) is 4.79 Å². The van der Waals surface area contributed by atoms with Crippen molar-refractivity contribution in [2.45, 2.75) is 32.2 Å². The number of aliphatic carboxylic acids is 1. The maximum atomic E-state index is 12.1. The van der Waals surface area contributed by atoms with Crippen molar-refractivity contribution in [1.29, 1.82) is 0 Å². The molecule has 1 saturated heterocycles. The molecule has 1 fully saturated rings. The van der Waals surface area contributed by atoms with Crippen molar-refractivity contribution in [3.05, 3.63) is 29.8 Å². The Labute approximate surface area is 118 Å². The number of hydrogen-bond donors (Lipinski definition) is 1. The van der Waals surface area contributed by atoms with Crippen LogP contribution < -0.4 is 4.74 Å². The lowest BCUT2D eigenvalue weighted by Crippen LogP contribution is -2.52. The summed E-state index contributed by atoms with van der Waals surface area (Å²) in [4.78, 5) is 24.9. The Balaban J connectivity index is 1.98. The summed E-state index contributed by atoms with van der Waals surface area (Å²) in [7, 11) is 0. The Morgan fingerprint density at radius 2 is 2.00 bits per heavy atom. The summed E-state index contributed by atoms with van der Waals surface area (Å²) in [5, 5.41) is 9.27. The fourth-order valence-corrected chi connectivity index (χ4v) is 2.44. The molecule has 1 aromatic rings. The van der Waals surface area contributed by atoms with Crippen LogP contribution in [0.3, 0.4) is 0 Å². The molecule has 1 N–H and O–H groups in total. The van der Waals surface area contributed by atoms with Crippen molar-refractivity contribution in [2.75, 3.05) is 13.2 Å². The Hall–Kier alpha value is -2.04. The fourth-order valence-electron chi connectivity index (χ4n) is 2.44. The van der Waals surface area contributed by atoms with E-state index in [-0.39, 0.29) is 12.5 Å². The average Bonchev–Trinajstić information content (AvgIpc) is 2.81. The first-order valence-corrected chi connectivity index (χ1v) is 6.67. The number of aryl methyl sites for hydroxylation is 1. The quantitative estimate of drug-likeness (QED) is 0.912. The molecule has 1 heterocycles. The molecule has 20 heavy (non-hydrogen) atoms. The number of carbonyl (C=O) groups excluding carboxylic acids is 1. The van der Waals surface area contributed by atoms with Gasteiger partial charge in [0.15, 0.2) is 6.61 Å². The molecule has 1 aliphatic rings. The number of rotatable bonds is 4. The smallest absolute Gasteiger partial charge is 0.329 e. The van der Waals surface area contributed by atoms with Gasteiger partial charge in [0.25, 0.3) is 5.91 Å². The van der Waals surface area contributed by atoms with E-state index in [0.717, 1.165) is 5.56 Å². The van der Waals surface area contributed by atoms with Gasteiger partial charge in [-0.15, -0.1) is 0 Å². The molecule has 108 valence electrons. The van der Waals surface area contributed by atoms with E-state index in [4.69, 9.17) is 4.74 Å². The van der Waals surface area contributed by atoms with E-state index in [0.29, 0.717) is 25.1 Å². The molecule has 1 aromatic carbocycles. The highest BCUT2D eigenvalue weighted by Gasteiger charge is 2.45. The summed E-state index contributed by atoms with van der Waals surface area (Å²) in [6.45, 7) is 3.90. The summed E-state index contributed by atoms with van der Waals surface area (Å²) in [6.07, 6.45) is 1.19. The number of likely N-dealkylation sites (tertiary alicyclic amines) is 1. The van der Waals surface area contributed by atoms with Crippen molar-refractivity contribution in [2.24, 2.45) is 0 Å². The molecular weight excluding hydrogens is 258 g/mol. The van der Waals surface area contributed by atoms with E-state index < -0.39 is 11.5 Å². The largest absolute Gasteiger partial charge is 0.484 e. The van der Waals surface area contributed by atoms with E-state index in [2.05, 4.69) is 0 Å². The van der Waals surface area contributed by atoms with Crippen molar-refractivity contribution < 1.29 is 19.4 Å². The highest BCUT2D eigenvalue weighted by molar-refractivity contribution is 5.88. The van der Waals surface area contributed by atoms with E-state index in [1.54, 1.807) is 19.1 Å². The van der Waals surface area contributed by atoms with Crippen LogP contribution in [0.15, 0.2) is 24.3 Å². The van der Waals surface area contributed by atoms with Crippen molar-refractivity contribution >= 4 is 11.9 Å². The lowest BCUT2D eigenvalue weighted by molar-refractivity contribution is -0.156. The Morgan fingerprint density at radius 1 is 1.35 bits per heavy atom. The van der Waals surface area contributed by atoms with Crippen LogP contribution in [0, 0.1) is 6.92 Å². The van der Waals surface area contributed by atoms with Gasteiger partial charge in [0.1, 0.15) is 11.3 Å². The molecule has 0 saturated carbocycles. The van der Waals surface area contributed by atoms with Crippen molar-refractivity contribution in [1.82, 2.24) is 4.90 Å². The normalized spacial score (nSPS) is 21.8. The van der Waals surface area contributed by atoms with Crippen LogP contribution in [0.1, 0.15) is 25.3 Å². The van der Waals surface area contributed by atoms with Gasteiger partial charge in [0.05, 0.1) is 0 Å². The molecule has 1 unspecified atom stereocenters. The molecule has 0 radical (unpaired) electrons. The van der Waals surface area contributed by atoms with E-state index >= 15 is 0 Å². The van der Waals surface area contributed by atoms with Crippen LogP contribution in [0.2, 0.25) is 0 Å². The molecule has 2 rings (SSSR count). The summed E-state index contributed by atoms with van der Waals surface area (Å²) < 4.78 is 5.42. The fraction of sp³-hybridized carbons (Fsp3) is 0.467. The zero-order valence-corrected chi connectivity index (χ0v) is 11.8. The van der Waals surface area contributed by atoms with Crippen molar-refractivity contribution in [3.63, 3.8) is 0 Å². The van der Waals surface area contributed by atoms with Gasteiger partial charge >= 0.3 is 5.97 Å². The first kappa shape index (κ1) is 14.4. The van der Waals surface area contributed by atoms with Crippen LogP contribution in [0.25, 0.3) is 0 Å². The first-order chi connectivity index (χ1) is 9.43. The van der Waals surface area contributed by atoms with Crippen LogP contribution in [-0.2, 0) is 9.59 Å². The number of carbonyl (C=O) groups is 2. The monoisotopic (exact) mass is 277 g/mol. The highest BCUT2D eigenvalue weighted by Crippen LogP contribution is 2.29. The standard InChI is InChI=1S/C15H19NO4/c1-11-4-6-12(7-5-11)20-10-13(17)16-9-3-8-15(16,2)14(18)19/h4-7H,3,8-10H2,1-2H3,(H,18,19). The van der Waals surface area contributed by atoms with Gasteiger partial charge < -0.3 is 14.7 Å². The lowest BCUT2D eigenvalue weighted by Gasteiger charge is -2.31. The second-order valence-corrected chi connectivity index (χ2v) is 5.33. The Kier molecular flexibility index (Phi) is 3.97. The molecular formula is C15H19NO4. The maximum Gasteiger partial charge on any atom is 0.329 e. The second-order valence-electron chi connectivity index (χ2n) is 5.33. The number of amides is 1. The SMILES string of the molecule is Cc1ccc(OCC(=O)N2CCCC2(C)C(=O)O)cc1. The lowest BCUT2D eigenvalue weighted by atomic mass is 9.99. The number of carboxylic acids is 1. The van der Waals surface area contributed by atoms with Crippen LogP contribution in [-0.4, -0.2) is 40.6 Å². The number of hydrogen-bond acceptors (Lipinski definition) is 3. The zero-order valence-electron chi connectivity index (χ0n) is 11.8. The first-order valence-electron chi connectivity index (χ1n) is 6.67. The van der Waals surface area contributed by atoms with Gasteiger partial charge in [-0.3, -0.25) is 4.79 Å². The third-order valence-corrected chi connectivity index (χ3v) is 3.79. The molecule has 0 bridgehead atoms. The third kappa shape index (κ3) is 2.76. The topological polar surface area (TPSA) is 66.8 Å². The average molecular weight is 277 g/mol. The second kappa shape index (κ2) is 5.53. The molecule has 0 aromatic heterocycles. The van der Waals surface area contributed by atoms with Crippen molar-refractivity contribution in [3.8, 4) is 5.75 Å². The minimum Gasteiger partial charge on any atom is -0.484 e. The zero-order chi connectivity index (χ0) is 14.8. The summed E-state index contributed by atoms with van der Waals surface area (Å²) >= 11 is 0. The van der Waals surface area contributed by atoms with Crippen LogP contribution in [0.5, 0.6) is 5.75 Å². The highest BCUT2D eigenvalue weighted by atomic mass is 16.5. The molecule has 1 amide bonds. The summed E-state index contributed by atoms with van der Waals surface area (Å²) in [5.74, 6) is -0.633. The number of carboxylic acid groups (broad SMARTS) is 1. The predicted molar refractivity (Wildman–Crippen MR) is 73.7 cm³/mol. The van der Waals surface area contributed by atoms with E-state index in [9.17, 15) is 14.7 Å². The van der Waals surface area contributed by atoms with Gasteiger partial charge in [-0.2, -0.15) is 0 Å². The number of nitrogens with zero attached hydrogens (tertiary/aromatic N) is 1.